The standard InChI is InChI=1S/C10H19FNP/c1-3-9-4-8(2)5-12(9)7-10(11,13)6-9/h8H,3-7,13H2,1-2H3. The molecule has 4 atom stereocenters. The van der Waals surface area contributed by atoms with Gasteiger partial charge in [-0.3, -0.25) is 4.90 Å². The van der Waals surface area contributed by atoms with Crippen molar-refractivity contribution in [3.63, 3.8) is 0 Å². The second kappa shape index (κ2) is 2.90. The number of hydrogen-bond donors (Lipinski definition) is 0. The summed E-state index contributed by atoms with van der Waals surface area (Å²) < 4.78 is 13.8. The van der Waals surface area contributed by atoms with Crippen LogP contribution < -0.4 is 0 Å². The Bertz CT molecular complexity index is 219. The Morgan fingerprint density at radius 3 is 2.85 bits per heavy atom. The second-order valence-corrected chi connectivity index (χ2v) is 6.01. The molecular weight excluding hydrogens is 184 g/mol. The van der Waals surface area contributed by atoms with Crippen molar-refractivity contribution < 1.29 is 4.39 Å². The summed E-state index contributed by atoms with van der Waals surface area (Å²) in [5.41, 5.74) is 0.190. The fraction of sp³-hybridized carbons (Fsp3) is 1.00. The molecule has 0 aromatic carbocycles. The van der Waals surface area contributed by atoms with Gasteiger partial charge in [0.1, 0.15) is 5.41 Å². The molecule has 0 N–H and O–H groups in total. The number of nitrogens with zero attached hydrogens (tertiary/aromatic N) is 1. The molecule has 1 nitrogen and oxygen atoms in total. The molecule has 3 heteroatoms. The summed E-state index contributed by atoms with van der Waals surface area (Å²) in [6.07, 6.45) is 2.99. The minimum absolute atomic E-state index is 0.190. The molecule has 0 saturated carbocycles. The molecular formula is C10H19FNP. The molecule has 0 aromatic rings. The van der Waals surface area contributed by atoms with Crippen LogP contribution in [0.4, 0.5) is 4.39 Å². The molecule has 2 aliphatic rings. The van der Waals surface area contributed by atoms with Gasteiger partial charge in [0, 0.05) is 25.0 Å². The van der Waals surface area contributed by atoms with Crippen LogP contribution in [-0.4, -0.2) is 28.9 Å². The minimum Gasteiger partial charge on any atom is -0.294 e. The van der Waals surface area contributed by atoms with Gasteiger partial charge in [-0.05, 0) is 18.8 Å². The number of halogens is 1. The van der Waals surface area contributed by atoms with Crippen molar-refractivity contribution in [2.24, 2.45) is 5.92 Å². The van der Waals surface area contributed by atoms with Gasteiger partial charge in [0.2, 0.25) is 0 Å². The van der Waals surface area contributed by atoms with Crippen molar-refractivity contribution in [3.8, 4) is 0 Å². The van der Waals surface area contributed by atoms with Gasteiger partial charge >= 0.3 is 0 Å². The van der Waals surface area contributed by atoms with E-state index >= 15 is 0 Å². The predicted octanol–water partition coefficient (Wildman–Crippen LogP) is 2.42. The van der Waals surface area contributed by atoms with E-state index in [2.05, 4.69) is 28.0 Å². The lowest BCUT2D eigenvalue weighted by atomic mass is 9.88. The van der Waals surface area contributed by atoms with Gasteiger partial charge in [-0.1, -0.05) is 23.1 Å². The van der Waals surface area contributed by atoms with Gasteiger partial charge in [0.25, 0.3) is 0 Å². The summed E-state index contributed by atoms with van der Waals surface area (Å²) in [4.78, 5) is 2.37. The maximum Gasteiger partial charge on any atom is 0.138 e. The molecule has 0 amide bonds. The maximum atomic E-state index is 13.8. The fourth-order valence-corrected chi connectivity index (χ4v) is 3.84. The van der Waals surface area contributed by atoms with Crippen LogP contribution in [0.1, 0.15) is 33.1 Å². The number of alkyl halides is 1. The highest BCUT2D eigenvalue weighted by Crippen LogP contribution is 2.50. The van der Waals surface area contributed by atoms with Gasteiger partial charge < -0.3 is 0 Å². The van der Waals surface area contributed by atoms with Gasteiger partial charge in [0.15, 0.2) is 0 Å². The van der Waals surface area contributed by atoms with E-state index in [0.717, 1.165) is 18.9 Å². The molecule has 2 aliphatic heterocycles. The van der Waals surface area contributed by atoms with E-state index in [-0.39, 0.29) is 5.54 Å². The van der Waals surface area contributed by atoms with Crippen LogP contribution in [0.3, 0.4) is 0 Å². The molecule has 0 aromatic heterocycles. The molecule has 2 saturated heterocycles. The Kier molecular flexibility index (Phi) is 2.20. The highest BCUT2D eigenvalue weighted by molar-refractivity contribution is 7.18. The lowest BCUT2D eigenvalue weighted by molar-refractivity contribution is 0.189. The fourth-order valence-electron chi connectivity index (χ4n) is 3.24. The first-order valence-electron chi connectivity index (χ1n) is 5.20. The molecule has 2 rings (SSSR count). The first-order valence-corrected chi connectivity index (χ1v) is 5.78. The Balaban J connectivity index is 2.20. The molecule has 76 valence electrons. The molecule has 4 unspecified atom stereocenters. The molecule has 0 spiro atoms. The van der Waals surface area contributed by atoms with E-state index < -0.39 is 5.41 Å². The van der Waals surface area contributed by atoms with E-state index in [9.17, 15) is 4.39 Å². The van der Waals surface area contributed by atoms with Crippen molar-refractivity contribution in [2.45, 2.75) is 44.1 Å². The largest absolute Gasteiger partial charge is 0.294 e. The summed E-state index contributed by atoms with van der Waals surface area (Å²) in [5.74, 6) is 0.751. The van der Waals surface area contributed by atoms with Gasteiger partial charge in [-0.15, -0.1) is 0 Å². The lowest BCUT2D eigenvalue weighted by Crippen LogP contribution is -2.37. The summed E-state index contributed by atoms with van der Waals surface area (Å²) in [5, 5.41) is -1.02. The highest BCUT2D eigenvalue weighted by Gasteiger charge is 2.54. The van der Waals surface area contributed by atoms with Crippen LogP contribution in [-0.2, 0) is 0 Å². The zero-order valence-corrected chi connectivity index (χ0v) is 9.67. The quantitative estimate of drug-likeness (QED) is 0.591. The highest BCUT2D eigenvalue weighted by atomic mass is 31.0. The van der Waals surface area contributed by atoms with Crippen molar-refractivity contribution in [2.75, 3.05) is 13.1 Å². The number of fused-ring (bicyclic) bond motifs is 1. The van der Waals surface area contributed by atoms with Gasteiger partial charge in [-0.25, -0.2) is 4.39 Å². The van der Waals surface area contributed by atoms with E-state index in [0.29, 0.717) is 13.0 Å². The predicted molar refractivity (Wildman–Crippen MR) is 56.5 cm³/mol. The van der Waals surface area contributed by atoms with Crippen LogP contribution in [0, 0.1) is 5.92 Å². The van der Waals surface area contributed by atoms with E-state index in [1.54, 1.807) is 0 Å². The van der Waals surface area contributed by atoms with Crippen LogP contribution in [0.5, 0.6) is 0 Å². The second-order valence-electron chi connectivity index (χ2n) is 4.98. The Hall–Kier alpha value is 0.320. The molecule has 13 heavy (non-hydrogen) atoms. The Morgan fingerprint density at radius 1 is 1.62 bits per heavy atom. The van der Waals surface area contributed by atoms with Crippen molar-refractivity contribution in [1.82, 2.24) is 4.90 Å². The van der Waals surface area contributed by atoms with Crippen LogP contribution in [0.25, 0.3) is 0 Å². The summed E-state index contributed by atoms with van der Waals surface area (Å²) in [7, 11) is 2.39. The zero-order valence-electron chi connectivity index (χ0n) is 8.52. The van der Waals surface area contributed by atoms with E-state index in [4.69, 9.17) is 0 Å². The van der Waals surface area contributed by atoms with Crippen LogP contribution >= 0.6 is 9.24 Å². The normalized spacial score (nSPS) is 51.2. The molecule has 2 heterocycles. The smallest absolute Gasteiger partial charge is 0.138 e. The lowest BCUT2D eigenvalue weighted by Gasteiger charge is -2.30. The third-order valence-electron chi connectivity index (χ3n) is 3.67. The summed E-state index contributed by atoms with van der Waals surface area (Å²) >= 11 is 0. The molecule has 0 aliphatic carbocycles. The average molecular weight is 203 g/mol. The number of rotatable bonds is 1. The van der Waals surface area contributed by atoms with Crippen molar-refractivity contribution in [3.05, 3.63) is 0 Å². The molecule has 2 fully saturated rings. The first kappa shape index (κ1) is 9.86. The molecule has 0 radical (unpaired) electrons. The Morgan fingerprint density at radius 2 is 2.31 bits per heavy atom. The zero-order chi connectivity index (χ0) is 9.69. The Labute approximate surface area is 82.3 Å². The monoisotopic (exact) mass is 203 g/mol. The third kappa shape index (κ3) is 1.53. The minimum atomic E-state index is -1.02. The van der Waals surface area contributed by atoms with Crippen LogP contribution in [0.15, 0.2) is 0 Å². The molecule has 0 bridgehead atoms. The summed E-state index contributed by atoms with van der Waals surface area (Å²) in [6.45, 7) is 6.18. The van der Waals surface area contributed by atoms with E-state index in [1.165, 1.54) is 6.42 Å². The summed E-state index contributed by atoms with van der Waals surface area (Å²) in [6, 6.07) is 0. The van der Waals surface area contributed by atoms with E-state index in [1.807, 2.05) is 0 Å². The van der Waals surface area contributed by atoms with Gasteiger partial charge in [-0.2, -0.15) is 0 Å². The third-order valence-corrected chi connectivity index (χ3v) is 4.05. The average Bonchev–Trinajstić information content (AvgIpc) is 2.36. The van der Waals surface area contributed by atoms with Crippen molar-refractivity contribution in [1.29, 1.82) is 0 Å². The number of hydrogen-bond acceptors (Lipinski definition) is 1. The van der Waals surface area contributed by atoms with Crippen LogP contribution in [0.2, 0.25) is 0 Å². The topological polar surface area (TPSA) is 3.24 Å². The van der Waals surface area contributed by atoms with Gasteiger partial charge in [0.05, 0.1) is 0 Å². The maximum absolute atomic E-state index is 13.8. The first-order chi connectivity index (χ1) is 5.97. The van der Waals surface area contributed by atoms with Crippen molar-refractivity contribution >= 4 is 9.24 Å². The SMILES string of the molecule is CCC12CC(C)CN1CC(F)(P)C2.